The lowest BCUT2D eigenvalue weighted by atomic mass is 10.2. The Labute approximate surface area is 135 Å². The molecule has 5 nitrogen and oxygen atoms in total. The first-order valence-corrected chi connectivity index (χ1v) is 7.89. The summed E-state index contributed by atoms with van der Waals surface area (Å²) in [7, 11) is 0. The predicted molar refractivity (Wildman–Crippen MR) is 84.4 cm³/mol. The number of carbonyl (C=O) groups excluding carboxylic acids is 2. The lowest BCUT2D eigenvalue weighted by Crippen LogP contribution is -2.38. The number of benzene rings is 1. The number of imide groups is 1. The Morgan fingerprint density at radius 3 is 2.55 bits per heavy atom. The van der Waals surface area contributed by atoms with Crippen LogP contribution in [0.15, 0.2) is 24.3 Å². The highest BCUT2D eigenvalue weighted by Crippen LogP contribution is 2.14. The van der Waals surface area contributed by atoms with Crippen LogP contribution in [-0.4, -0.2) is 53.0 Å². The summed E-state index contributed by atoms with van der Waals surface area (Å²) in [5, 5.41) is 9.71. The minimum absolute atomic E-state index is 0.0881. The molecule has 1 aromatic carbocycles. The van der Waals surface area contributed by atoms with Crippen LogP contribution in [-0.2, 0) is 16.1 Å². The van der Waals surface area contributed by atoms with Crippen LogP contribution in [0.3, 0.4) is 0 Å². The van der Waals surface area contributed by atoms with Crippen molar-refractivity contribution < 1.29 is 14.7 Å². The van der Waals surface area contributed by atoms with E-state index in [2.05, 4.69) is 4.90 Å². The molecule has 1 aliphatic heterocycles. The van der Waals surface area contributed by atoms with Crippen molar-refractivity contribution in [2.24, 2.45) is 0 Å². The average molecular weight is 325 g/mol. The maximum absolute atomic E-state index is 11.6. The summed E-state index contributed by atoms with van der Waals surface area (Å²) in [6.45, 7) is 2.51. The van der Waals surface area contributed by atoms with Crippen molar-refractivity contribution in [2.45, 2.75) is 25.8 Å². The van der Waals surface area contributed by atoms with Gasteiger partial charge in [-0.15, -0.1) is 0 Å². The van der Waals surface area contributed by atoms with Crippen molar-refractivity contribution in [1.29, 1.82) is 0 Å². The summed E-state index contributed by atoms with van der Waals surface area (Å²) in [6.07, 6.45) is 1.30. The number of carbonyl (C=O) groups is 2. The monoisotopic (exact) mass is 324 g/mol. The number of halogens is 1. The number of likely N-dealkylation sites (tertiary alicyclic amines) is 1. The molecule has 1 aliphatic rings. The van der Waals surface area contributed by atoms with Gasteiger partial charge >= 0.3 is 0 Å². The van der Waals surface area contributed by atoms with Gasteiger partial charge in [-0.3, -0.25) is 19.4 Å². The smallest absolute Gasteiger partial charge is 0.229 e. The van der Waals surface area contributed by atoms with Crippen molar-refractivity contribution in [3.63, 3.8) is 0 Å². The molecule has 2 rings (SSSR count). The first-order valence-electron chi connectivity index (χ1n) is 7.51. The molecule has 120 valence electrons. The highest BCUT2D eigenvalue weighted by atomic mass is 35.5. The number of nitrogens with zero attached hydrogens (tertiary/aromatic N) is 2. The quantitative estimate of drug-likeness (QED) is 0.739. The van der Waals surface area contributed by atoms with Gasteiger partial charge in [0.25, 0.3) is 0 Å². The second-order valence-electron chi connectivity index (χ2n) is 5.42. The Balaban J connectivity index is 1.93. The molecule has 0 saturated carbocycles. The fourth-order valence-corrected chi connectivity index (χ4v) is 2.78. The summed E-state index contributed by atoms with van der Waals surface area (Å²) in [5.41, 5.74) is 1.07. The molecule has 22 heavy (non-hydrogen) atoms. The number of rotatable bonds is 8. The Kier molecular flexibility index (Phi) is 6.36. The van der Waals surface area contributed by atoms with Crippen LogP contribution < -0.4 is 0 Å². The summed E-state index contributed by atoms with van der Waals surface area (Å²) >= 11 is 6.00. The second kappa shape index (κ2) is 8.27. The van der Waals surface area contributed by atoms with Gasteiger partial charge in [-0.1, -0.05) is 23.7 Å². The zero-order chi connectivity index (χ0) is 15.9. The molecule has 2 amide bonds. The van der Waals surface area contributed by atoms with E-state index in [1.54, 1.807) is 0 Å². The molecule has 0 unspecified atom stereocenters. The molecule has 0 radical (unpaired) electrons. The molecule has 1 heterocycles. The van der Waals surface area contributed by atoms with Crippen LogP contribution in [0.25, 0.3) is 0 Å². The number of aliphatic hydroxyl groups excluding tert-OH is 1. The van der Waals surface area contributed by atoms with Gasteiger partial charge in [-0.25, -0.2) is 0 Å². The predicted octanol–water partition coefficient (Wildman–Crippen LogP) is 1.67. The van der Waals surface area contributed by atoms with Crippen molar-refractivity contribution in [3.8, 4) is 0 Å². The van der Waals surface area contributed by atoms with Gasteiger partial charge in [0.1, 0.15) is 0 Å². The van der Waals surface area contributed by atoms with Gasteiger partial charge in [0, 0.05) is 50.7 Å². The molecule has 0 atom stereocenters. The number of aliphatic hydroxyl groups is 1. The largest absolute Gasteiger partial charge is 0.396 e. The van der Waals surface area contributed by atoms with Crippen LogP contribution in [0.5, 0.6) is 0 Å². The molecule has 0 aliphatic carbocycles. The van der Waals surface area contributed by atoms with E-state index < -0.39 is 0 Å². The Hall–Kier alpha value is -1.43. The molecule has 0 bridgehead atoms. The third-order valence-electron chi connectivity index (χ3n) is 3.72. The van der Waals surface area contributed by atoms with E-state index >= 15 is 0 Å². The highest BCUT2D eigenvalue weighted by molar-refractivity contribution is 6.30. The second-order valence-corrected chi connectivity index (χ2v) is 5.86. The first-order chi connectivity index (χ1) is 10.6. The molecule has 0 spiro atoms. The SMILES string of the molecule is O=C1CCC(=O)N1CCN(CCCO)Cc1cccc(Cl)c1. The van der Waals surface area contributed by atoms with Crippen LogP contribution in [0, 0.1) is 0 Å². The van der Waals surface area contributed by atoms with Gasteiger partial charge in [-0.2, -0.15) is 0 Å². The normalized spacial score (nSPS) is 15.1. The third kappa shape index (κ3) is 4.80. The number of amides is 2. The molecule has 1 fully saturated rings. The van der Waals surface area contributed by atoms with Crippen molar-refractivity contribution in [3.05, 3.63) is 34.9 Å². The summed E-state index contributed by atoms with van der Waals surface area (Å²) in [4.78, 5) is 26.7. The van der Waals surface area contributed by atoms with Gasteiger partial charge in [0.2, 0.25) is 11.8 Å². The number of hydrogen-bond acceptors (Lipinski definition) is 4. The standard InChI is InChI=1S/C16H21ClN2O3/c17-14-4-1-3-13(11-14)12-18(7-2-10-20)8-9-19-15(21)5-6-16(19)22/h1,3-4,11,20H,2,5-10,12H2. The van der Waals surface area contributed by atoms with Crippen LogP contribution in [0.4, 0.5) is 0 Å². The molecule has 0 aromatic heterocycles. The molecular weight excluding hydrogens is 304 g/mol. The fourth-order valence-electron chi connectivity index (χ4n) is 2.57. The molecule has 6 heteroatoms. The van der Waals surface area contributed by atoms with E-state index in [-0.39, 0.29) is 18.4 Å². The summed E-state index contributed by atoms with van der Waals surface area (Å²) in [6, 6.07) is 7.61. The molecule has 1 N–H and O–H groups in total. The van der Waals surface area contributed by atoms with Gasteiger partial charge in [-0.05, 0) is 24.1 Å². The lowest BCUT2D eigenvalue weighted by Gasteiger charge is -2.24. The van der Waals surface area contributed by atoms with Crippen LogP contribution in [0.2, 0.25) is 5.02 Å². The summed E-state index contributed by atoms with van der Waals surface area (Å²) in [5.74, 6) is -0.176. The van der Waals surface area contributed by atoms with E-state index in [9.17, 15) is 9.59 Å². The van der Waals surface area contributed by atoms with Gasteiger partial charge < -0.3 is 5.11 Å². The first kappa shape index (κ1) is 16.9. The molecule has 1 saturated heterocycles. The van der Waals surface area contributed by atoms with E-state index in [1.165, 1.54) is 4.90 Å². The topological polar surface area (TPSA) is 60.9 Å². The maximum Gasteiger partial charge on any atom is 0.229 e. The number of hydrogen-bond donors (Lipinski definition) is 1. The zero-order valence-corrected chi connectivity index (χ0v) is 13.3. The lowest BCUT2D eigenvalue weighted by molar-refractivity contribution is -0.138. The van der Waals surface area contributed by atoms with E-state index in [0.29, 0.717) is 50.5 Å². The zero-order valence-electron chi connectivity index (χ0n) is 12.5. The van der Waals surface area contributed by atoms with Crippen molar-refractivity contribution in [1.82, 2.24) is 9.80 Å². The third-order valence-corrected chi connectivity index (χ3v) is 3.96. The van der Waals surface area contributed by atoms with Crippen LogP contribution in [0.1, 0.15) is 24.8 Å². The summed E-state index contributed by atoms with van der Waals surface area (Å²) < 4.78 is 0. The van der Waals surface area contributed by atoms with E-state index in [1.807, 2.05) is 24.3 Å². The van der Waals surface area contributed by atoms with Crippen molar-refractivity contribution in [2.75, 3.05) is 26.2 Å². The Bertz CT molecular complexity index is 520. The molecular formula is C16H21ClN2O3. The fraction of sp³-hybridized carbons (Fsp3) is 0.500. The van der Waals surface area contributed by atoms with Gasteiger partial charge in [0.05, 0.1) is 0 Å². The average Bonchev–Trinajstić information content (AvgIpc) is 2.81. The maximum atomic E-state index is 11.6. The highest BCUT2D eigenvalue weighted by Gasteiger charge is 2.28. The Morgan fingerprint density at radius 2 is 1.91 bits per heavy atom. The van der Waals surface area contributed by atoms with Crippen molar-refractivity contribution >= 4 is 23.4 Å². The van der Waals surface area contributed by atoms with Gasteiger partial charge in [0.15, 0.2) is 0 Å². The van der Waals surface area contributed by atoms with E-state index in [4.69, 9.17) is 16.7 Å². The van der Waals surface area contributed by atoms with Crippen LogP contribution >= 0.6 is 11.6 Å². The Morgan fingerprint density at radius 1 is 1.18 bits per heavy atom. The molecule has 1 aromatic rings. The minimum atomic E-state index is -0.0881. The minimum Gasteiger partial charge on any atom is -0.396 e. The van der Waals surface area contributed by atoms with E-state index in [0.717, 1.165) is 5.56 Å².